The normalized spacial score (nSPS) is 15.2. The molecular weight excluding hydrogens is 332 g/mol. The Hall–Kier alpha value is -2.82. The summed E-state index contributed by atoms with van der Waals surface area (Å²) in [4.78, 5) is 25.0. The number of esters is 2. The van der Waals surface area contributed by atoms with Gasteiger partial charge in [-0.05, 0) is 33.3 Å². The molecule has 1 aromatic rings. The Balaban J connectivity index is 2.49. The number of benzene rings is 1. The molecule has 0 amide bonds. The average Bonchev–Trinajstić information content (AvgIpc) is 2.60. The van der Waals surface area contributed by atoms with Gasteiger partial charge in [-0.2, -0.15) is 0 Å². The molecule has 0 N–H and O–H groups in total. The molecule has 1 aromatic carbocycles. The van der Waals surface area contributed by atoms with E-state index in [9.17, 15) is 9.59 Å². The number of hydrogen-bond donors (Lipinski definition) is 0. The first-order valence-electron chi connectivity index (χ1n) is 8.66. The van der Waals surface area contributed by atoms with Crippen molar-refractivity contribution in [3.05, 3.63) is 64.6 Å². The van der Waals surface area contributed by atoms with Gasteiger partial charge in [-0.1, -0.05) is 42.5 Å². The lowest BCUT2D eigenvalue weighted by molar-refractivity contribution is -0.140. The summed E-state index contributed by atoms with van der Waals surface area (Å²) < 4.78 is 16.0. The second-order valence-corrected chi connectivity index (χ2v) is 5.73. The van der Waals surface area contributed by atoms with Gasteiger partial charge in [0.15, 0.2) is 0 Å². The lowest BCUT2D eigenvalue weighted by Crippen LogP contribution is -2.27. The fraction of sp³-hybridized carbons (Fsp3) is 0.333. The third-order valence-corrected chi connectivity index (χ3v) is 3.96. The summed E-state index contributed by atoms with van der Waals surface area (Å²) in [5, 5.41) is 0. The Kier molecular flexibility index (Phi) is 6.78. The molecule has 26 heavy (non-hydrogen) atoms. The highest BCUT2D eigenvalue weighted by molar-refractivity contribution is 5.98. The Morgan fingerprint density at radius 3 is 1.92 bits per heavy atom. The Bertz CT molecular complexity index is 716. The van der Waals surface area contributed by atoms with Crippen molar-refractivity contribution < 1.29 is 23.8 Å². The zero-order valence-electron chi connectivity index (χ0n) is 15.6. The van der Waals surface area contributed by atoms with Crippen LogP contribution < -0.4 is 0 Å². The molecule has 0 aliphatic carbocycles. The van der Waals surface area contributed by atoms with Crippen LogP contribution in [0.2, 0.25) is 0 Å². The summed E-state index contributed by atoms with van der Waals surface area (Å²) in [5.74, 6) is -0.737. The van der Waals surface area contributed by atoms with Crippen LogP contribution in [0.5, 0.6) is 0 Å². The van der Waals surface area contributed by atoms with Crippen molar-refractivity contribution >= 4 is 18.0 Å². The smallest absolute Gasteiger partial charge is 0.338 e. The van der Waals surface area contributed by atoms with Gasteiger partial charge in [0.25, 0.3) is 0 Å². The minimum atomic E-state index is -0.595. The zero-order valence-corrected chi connectivity index (χ0v) is 15.6. The lowest BCUT2D eigenvalue weighted by Gasteiger charge is -2.27. The van der Waals surface area contributed by atoms with Gasteiger partial charge in [-0.15, -0.1) is 0 Å². The van der Waals surface area contributed by atoms with Gasteiger partial charge in [0.2, 0.25) is 0 Å². The maximum absolute atomic E-state index is 12.5. The van der Waals surface area contributed by atoms with E-state index in [1.165, 1.54) is 0 Å². The van der Waals surface area contributed by atoms with Gasteiger partial charge in [-0.25, -0.2) is 9.59 Å². The van der Waals surface area contributed by atoms with Crippen LogP contribution >= 0.6 is 0 Å². The van der Waals surface area contributed by atoms with Crippen LogP contribution in [-0.2, 0) is 23.8 Å². The van der Waals surface area contributed by atoms with E-state index < -0.39 is 17.9 Å². The molecule has 138 valence electrons. The standard InChI is InChI=1S/C21H24O5/c1-5-24-20(22)18-14(3)26-15(4)19(21(23)25-6-2)17(18)13-12-16-10-8-7-9-11-16/h7-13,17H,5-6H2,1-4H3/b13-12+. The van der Waals surface area contributed by atoms with E-state index >= 15 is 0 Å². The number of carbonyl (C=O) groups is 2. The van der Waals surface area contributed by atoms with Crippen LogP contribution in [0.4, 0.5) is 0 Å². The van der Waals surface area contributed by atoms with Crippen LogP contribution in [0.15, 0.2) is 59.1 Å². The fourth-order valence-corrected chi connectivity index (χ4v) is 2.84. The number of rotatable bonds is 6. The monoisotopic (exact) mass is 356 g/mol. The van der Waals surface area contributed by atoms with E-state index in [0.29, 0.717) is 22.7 Å². The van der Waals surface area contributed by atoms with Gasteiger partial charge >= 0.3 is 11.9 Å². The van der Waals surface area contributed by atoms with Crippen LogP contribution in [0.3, 0.4) is 0 Å². The van der Waals surface area contributed by atoms with Crippen molar-refractivity contribution in [1.29, 1.82) is 0 Å². The average molecular weight is 356 g/mol. The summed E-state index contributed by atoms with van der Waals surface area (Å²) in [6.07, 6.45) is 3.68. The van der Waals surface area contributed by atoms with E-state index in [1.807, 2.05) is 42.5 Å². The SMILES string of the molecule is CCOC(=O)C1=C(C)OC(C)=C(C(=O)OCC)C1/C=C/c1ccccc1. The summed E-state index contributed by atoms with van der Waals surface area (Å²) >= 11 is 0. The van der Waals surface area contributed by atoms with Crippen molar-refractivity contribution in [3.63, 3.8) is 0 Å². The van der Waals surface area contributed by atoms with Gasteiger partial charge < -0.3 is 14.2 Å². The molecule has 0 radical (unpaired) electrons. The van der Waals surface area contributed by atoms with E-state index in [4.69, 9.17) is 14.2 Å². The summed E-state index contributed by atoms with van der Waals surface area (Å²) in [6, 6.07) is 9.65. The minimum Gasteiger partial charge on any atom is -0.465 e. The van der Waals surface area contributed by atoms with E-state index in [-0.39, 0.29) is 13.2 Å². The molecule has 1 aliphatic heterocycles. The van der Waals surface area contributed by atoms with Crippen LogP contribution in [0.1, 0.15) is 33.3 Å². The second kappa shape index (κ2) is 9.04. The van der Waals surface area contributed by atoms with Gasteiger partial charge in [0, 0.05) is 5.92 Å². The Morgan fingerprint density at radius 1 is 0.962 bits per heavy atom. The molecular formula is C21H24O5. The van der Waals surface area contributed by atoms with Crippen LogP contribution in [-0.4, -0.2) is 25.2 Å². The van der Waals surface area contributed by atoms with E-state index in [0.717, 1.165) is 5.56 Å². The molecule has 1 heterocycles. The number of carbonyl (C=O) groups excluding carboxylic acids is 2. The van der Waals surface area contributed by atoms with Gasteiger partial charge in [-0.3, -0.25) is 0 Å². The highest BCUT2D eigenvalue weighted by Gasteiger charge is 2.36. The molecule has 0 bridgehead atoms. The molecule has 0 aromatic heterocycles. The molecule has 1 aliphatic rings. The molecule has 0 spiro atoms. The molecule has 0 fully saturated rings. The third-order valence-electron chi connectivity index (χ3n) is 3.96. The van der Waals surface area contributed by atoms with Crippen LogP contribution in [0.25, 0.3) is 6.08 Å². The van der Waals surface area contributed by atoms with Gasteiger partial charge in [0.1, 0.15) is 11.5 Å². The first-order chi connectivity index (χ1) is 12.5. The summed E-state index contributed by atoms with van der Waals surface area (Å²) in [7, 11) is 0. The summed E-state index contributed by atoms with van der Waals surface area (Å²) in [6.45, 7) is 7.34. The van der Waals surface area contributed by atoms with Crippen LogP contribution in [0, 0.1) is 5.92 Å². The molecule has 0 saturated carbocycles. The Morgan fingerprint density at radius 2 is 1.46 bits per heavy atom. The molecule has 0 atom stereocenters. The van der Waals surface area contributed by atoms with Gasteiger partial charge in [0.05, 0.1) is 24.4 Å². The molecule has 0 saturated heterocycles. The number of hydrogen-bond acceptors (Lipinski definition) is 5. The van der Waals surface area contributed by atoms with E-state index in [2.05, 4.69) is 0 Å². The van der Waals surface area contributed by atoms with Crippen molar-refractivity contribution in [2.75, 3.05) is 13.2 Å². The second-order valence-electron chi connectivity index (χ2n) is 5.73. The lowest BCUT2D eigenvalue weighted by atomic mass is 9.86. The first-order valence-corrected chi connectivity index (χ1v) is 8.66. The predicted molar refractivity (Wildman–Crippen MR) is 98.7 cm³/mol. The summed E-state index contributed by atoms with van der Waals surface area (Å²) in [5.41, 5.74) is 1.58. The number of ether oxygens (including phenoxy) is 3. The molecule has 0 unspecified atom stereocenters. The Labute approximate surface area is 153 Å². The van der Waals surface area contributed by atoms with E-state index in [1.54, 1.807) is 27.7 Å². The topological polar surface area (TPSA) is 61.8 Å². The molecule has 2 rings (SSSR count). The number of allylic oxidation sites excluding steroid dienone is 3. The van der Waals surface area contributed by atoms with Crippen molar-refractivity contribution in [1.82, 2.24) is 0 Å². The minimum absolute atomic E-state index is 0.238. The maximum Gasteiger partial charge on any atom is 0.338 e. The zero-order chi connectivity index (χ0) is 19.1. The largest absolute Gasteiger partial charge is 0.465 e. The molecule has 5 nitrogen and oxygen atoms in total. The highest BCUT2D eigenvalue weighted by Crippen LogP contribution is 2.36. The van der Waals surface area contributed by atoms with Crippen molar-refractivity contribution in [2.24, 2.45) is 5.92 Å². The predicted octanol–water partition coefficient (Wildman–Crippen LogP) is 4.02. The quantitative estimate of drug-likeness (QED) is 0.721. The van der Waals surface area contributed by atoms with Crippen molar-refractivity contribution in [3.8, 4) is 0 Å². The fourth-order valence-electron chi connectivity index (χ4n) is 2.84. The highest BCUT2D eigenvalue weighted by atomic mass is 16.5. The first kappa shape index (κ1) is 19.5. The molecule has 5 heteroatoms. The van der Waals surface area contributed by atoms with Crippen molar-refractivity contribution in [2.45, 2.75) is 27.7 Å². The third kappa shape index (κ3) is 4.42. The maximum atomic E-state index is 12.5.